The number of ether oxygens (including phenoxy) is 2. The van der Waals surface area contributed by atoms with E-state index in [2.05, 4.69) is 21.2 Å². The molecule has 0 radical (unpaired) electrons. The molecule has 0 aromatic heterocycles. The zero-order chi connectivity index (χ0) is 16.5. The average molecular weight is 371 g/mol. The normalized spacial score (nSPS) is 16.8. The van der Waals surface area contributed by atoms with Gasteiger partial charge in [0.25, 0.3) is 0 Å². The molecule has 1 aromatic carbocycles. The van der Waals surface area contributed by atoms with E-state index in [0.29, 0.717) is 11.1 Å². The maximum absolute atomic E-state index is 14.3. The first-order valence-corrected chi connectivity index (χ1v) is 7.51. The Kier molecular flexibility index (Phi) is 4.73. The van der Waals surface area contributed by atoms with E-state index in [9.17, 15) is 9.18 Å². The summed E-state index contributed by atoms with van der Waals surface area (Å²) < 4.78 is 25.1. The summed E-state index contributed by atoms with van der Waals surface area (Å²) in [6.07, 6.45) is -0.998. The van der Waals surface area contributed by atoms with E-state index in [1.54, 1.807) is 20.8 Å². The van der Waals surface area contributed by atoms with Crippen LogP contribution in [0.2, 0.25) is 0 Å². The maximum atomic E-state index is 14.3. The number of hydrogen-bond donors (Lipinski definition) is 1. The van der Waals surface area contributed by atoms with Crippen LogP contribution in [0.3, 0.4) is 0 Å². The Morgan fingerprint density at radius 2 is 2.32 bits per heavy atom. The monoisotopic (exact) mass is 370 g/mol. The molecule has 0 spiro atoms. The first kappa shape index (κ1) is 16.7. The number of nitrogens with zero attached hydrogens (tertiary/aromatic N) is 1. The van der Waals surface area contributed by atoms with E-state index in [4.69, 9.17) is 14.7 Å². The Morgan fingerprint density at radius 1 is 1.64 bits per heavy atom. The Labute approximate surface area is 136 Å². The Balaban J connectivity index is 2.30. The third-order valence-electron chi connectivity index (χ3n) is 3.03. The molecule has 1 aromatic rings. The molecule has 1 heterocycles. The number of carbonyl (C=O) groups is 1. The van der Waals surface area contributed by atoms with Crippen molar-refractivity contribution in [3.63, 3.8) is 0 Å². The molecule has 0 aliphatic carbocycles. The van der Waals surface area contributed by atoms with Gasteiger partial charge in [0.05, 0.1) is 35.4 Å². The van der Waals surface area contributed by atoms with Crippen LogP contribution in [0.1, 0.15) is 44.4 Å². The summed E-state index contributed by atoms with van der Waals surface area (Å²) in [5.41, 5.74) is 0.669. The SMILES string of the molecule is CC(C)(C)OC(=O)Nc1cc2c(c(Br)c1F)COC2CC#N. The molecule has 5 nitrogen and oxygen atoms in total. The molecule has 0 saturated heterocycles. The number of carbonyl (C=O) groups excluding carboxylic acids is 1. The number of benzene rings is 1. The van der Waals surface area contributed by atoms with Crippen LogP contribution in [-0.4, -0.2) is 11.7 Å². The Hall–Kier alpha value is -1.65. The van der Waals surface area contributed by atoms with Crippen molar-refractivity contribution in [3.8, 4) is 6.07 Å². The number of amides is 1. The summed E-state index contributed by atoms with van der Waals surface area (Å²) in [6.45, 7) is 5.39. The molecule has 7 heteroatoms. The first-order valence-electron chi connectivity index (χ1n) is 6.72. The number of fused-ring (bicyclic) bond motifs is 1. The summed E-state index contributed by atoms with van der Waals surface area (Å²) in [4.78, 5) is 11.8. The van der Waals surface area contributed by atoms with E-state index < -0.39 is 23.6 Å². The number of nitrogens with one attached hydrogen (secondary N) is 1. The van der Waals surface area contributed by atoms with Crippen molar-refractivity contribution in [1.29, 1.82) is 5.26 Å². The number of anilines is 1. The van der Waals surface area contributed by atoms with Gasteiger partial charge in [-0.25, -0.2) is 9.18 Å². The van der Waals surface area contributed by atoms with Gasteiger partial charge in [0.15, 0.2) is 5.82 Å². The van der Waals surface area contributed by atoms with Crippen LogP contribution in [0.5, 0.6) is 0 Å². The van der Waals surface area contributed by atoms with E-state index in [1.165, 1.54) is 6.07 Å². The summed E-state index contributed by atoms with van der Waals surface area (Å²) in [5, 5.41) is 11.2. The fourth-order valence-electron chi connectivity index (χ4n) is 2.15. The molecule has 0 fully saturated rings. The zero-order valence-corrected chi connectivity index (χ0v) is 14.1. The van der Waals surface area contributed by atoms with Crippen molar-refractivity contribution in [3.05, 3.63) is 27.5 Å². The standard InChI is InChI=1S/C15H16BrFN2O3/c1-15(2,3)22-14(20)19-10-6-8-9(12(16)13(10)17)7-21-11(8)4-5-18/h6,11H,4,7H2,1-3H3,(H,19,20). The van der Waals surface area contributed by atoms with Gasteiger partial charge in [-0.2, -0.15) is 5.26 Å². The summed E-state index contributed by atoms with van der Waals surface area (Å²) in [5.74, 6) is -0.592. The summed E-state index contributed by atoms with van der Waals surface area (Å²) in [7, 11) is 0. The second kappa shape index (κ2) is 6.23. The van der Waals surface area contributed by atoms with Gasteiger partial charge in [0.2, 0.25) is 0 Å². The Morgan fingerprint density at radius 3 is 2.91 bits per heavy atom. The van der Waals surface area contributed by atoms with Crippen molar-refractivity contribution in [2.24, 2.45) is 0 Å². The molecule has 1 unspecified atom stereocenters. The van der Waals surface area contributed by atoms with Crippen LogP contribution < -0.4 is 5.32 Å². The van der Waals surface area contributed by atoms with Gasteiger partial charge in [-0.3, -0.25) is 5.32 Å². The topological polar surface area (TPSA) is 71.3 Å². The highest BCUT2D eigenvalue weighted by Gasteiger charge is 2.29. The first-order chi connectivity index (χ1) is 10.2. The van der Waals surface area contributed by atoms with Gasteiger partial charge in [-0.15, -0.1) is 0 Å². The molecule has 1 atom stereocenters. The zero-order valence-electron chi connectivity index (χ0n) is 12.5. The van der Waals surface area contributed by atoms with E-state index in [-0.39, 0.29) is 23.2 Å². The summed E-state index contributed by atoms with van der Waals surface area (Å²) in [6, 6.07) is 3.52. The van der Waals surface area contributed by atoms with Crippen LogP contribution in [0, 0.1) is 17.1 Å². The minimum Gasteiger partial charge on any atom is -0.444 e. The lowest BCUT2D eigenvalue weighted by atomic mass is 10.0. The van der Waals surface area contributed by atoms with Crippen molar-refractivity contribution < 1.29 is 18.7 Å². The highest BCUT2D eigenvalue weighted by atomic mass is 79.9. The minimum absolute atomic E-state index is 0.00619. The predicted molar refractivity (Wildman–Crippen MR) is 81.7 cm³/mol. The van der Waals surface area contributed by atoms with E-state index in [0.717, 1.165) is 0 Å². The second-order valence-electron chi connectivity index (χ2n) is 5.91. The summed E-state index contributed by atoms with van der Waals surface area (Å²) >= 11 is 3.18. The lowest BCUT2D eigenvalue weighted by molar-refractivity contribution is 0.0634. The molecule has 1 aliphatic heterocycles. The van der Waals surface area contributed by atoms with E-state index >= 15 is 0 Å². The molecule has 0 bridgehead atoms. The van der Waals surface area contributed by atoms with Crippen molar-refractivity contribution in [2.45, 2.75) is 45.5 Å². The van der Waals surface area contributed by atoms with Crippen LogP contribution >= 0.6 is 15.9 Å². The van der Waals surface area contributed by atoms with Crippen molar-refractivity contribution >= 4 is 27.7 Å². The molecule has 1 N–H and O–H groups in total. The minimum atomic E-state index is -0.742. The average Bonchev–Trinajstić information content (AvgIpc) is 2.77. The molecular formula is C15H16BrFN2O3. The maximum Gasteiger partial charge on any atom is 0.412 e. The molecule has 22 heavy (non-hydrogen) atoms. The van der Waals surface area contributed by atoms with Gasteiger partial charge in [0, 0.05) is 5.56 Å². The van der Waals surface area contributed by atoms with Crippen LogP contribution in [0.15, 0.2) is 10.5 Å². The molecule has 0 saturated carbocycles. The Bertz CT molecular complexity index is 650. The van der Waals surface area contributed by atoms with Gasteiger partial charge in [-0.05, 0) is 48.3 Å². The smallest absolute Gasteiger partial charge is 0.412 e. The highest BCUT2D eigenvalue weighted by molar-refractivity contribution is 9.10. The van der Waals surface area contributed by atoms with Crippen molar-refractivity contribution in [2.75, 3.05) is 5.32 Å². The number of halogens is 2. The van der Waals surface area contributed by atoms with Gasteiger partial charge in [0.1, 0.15) is 5.60 Å². The quantitative estimate of drug-likeness (QED) is 0.836. The van der Waals surface area contributed by atoms with Crippen LogP contribution in [0.25, 0.3) is 0 Å². The molecule has 1 aliphatic rings. The number of nitriles is 1. The van der Waals surface area contributed by atoms with Gasteiger partial charge in [-0.1, -0.05) is 0 Å². The fraction of sp³-hybridized carbons (Fsp3) is 0.467. The lowest BCUT2D eigenvalue weighted by Gasteiger charge is -2.20. The fourth-order valence-corrected chi connectivity index (χ4v) is 2.70. The van der Waals surface area contributed by atoms with Crippen LogP contribution in [0.4, 0.5) is 14.9 Å². The van der Waals surface area contributed by atoms with Crippen LogP contribution in [-0.2, 0) is 16.1 Å². The third kappa shape index (κ3) is 3.57. The predicted octanol–water partition coefficient (Wildman–Crippen LogP) is 4.42. The molecular weight excluding hydrogens is 355 g/mol. The van der Waals surface area contributed by atoms with Crippen molar-refractivity contribution in [1.82, 2.24) is 0 Å². The second-order valence-corrected chi connectivity index (χ2v) is 6.70. The third-order valence-corrected chi connectivity index (χ3v) is 3.86. The van der Waals surface area contributed by atoms with Gasteiger partial charge >= 0.3 is 6.09 Å². The molecule has 1 amide bonds. The van der Waals surface area contributed by atoms with Gasteiger partial charge < -0.3 is 9.47 Å². The lowest BCUT2D eigenvalue weighted by Crippen LogP contribution is -2.27. The van der Waals surface area contributed by atoms with E-state index in [1.807, 2.05) is 6.07 Å². The number of rotatable bonds is 2. The molecule has 2 rings (SSSR count). The largest absolute Gasteiger partial charge is 0.444 e. The highest BCUT2D eigenvalue weighted by Crippen LogP contribution is 2.41. The molecule has 118 valence electrons. The number of hydrogen-bond acceptors (Lipinski definition) is 4.